The predicted molar refractivity (Wildman–Crippen MR) is 87.6 cm³/mol. The first kappa shape index (κ1) is 12.7. The molecule has 4 bridgehead atoms. The second-order valence-corrected chi connectivity index (χ2v) is 8.70. The molecular weight excluding hydrogens is 252 g/mol. The van der Waals surface area contributed by atoms with Crippen LogP contribution in [0.15, 0.2) is 18.2 Å². The molecule has 4 fully saturated rings. The molecule has 4 saturated carbocycles. The molecule has 0 heterocycles. The highest BCUT2D eigenvalue weighted by Crippen LogP contribution is 2.57. The maximum Gasteiger partial charge on any atom is -0.0128 e. The summed E-state index contributed by atoms with van der Waals surface area (Å²) in [5.41, 5.74) is 5.06. The summed E-state index contributed by atoms with van der Waals surface area (Å²) in [7, 11) is 0. The van der Waals surface area contributed by atoms with Gasteiger partial charge in [-0.15, -0.1) is 0 Å². The minimum atomic E-state index is 0.915. The summed E-state index contributed by atoms with van der Waals surface area (Å²) in [6.07, 6.45) is 12.2. The van der Waals surface area contributed by atoms with Gasteiger partial charge in [-0.3, -0.25) is 0 Å². The lowest BCUT2D eigenvalue weighted by molar-refractivity contribution is 0.395. The molecule has 0 spiro atoms. The van der Waals surface area contributed by atoms with Gasteiger partial charge in [0.25, 0.3) is 0 Å². The molecule has 0 nitrogen and oxygen atoms in total. The van der Waals surface area contributed by atoms with Gasteiger partial charge in [-0.25, -0.2) is 0 Å². The lowest BCUT2D eigenvalue weighted by Gasteiger charge is -2.30. The third-order valence-electron chi connectivity index (χ3n) is 7.52. The Morgan fingerprint density at radius 2 is 1.33 bits per heavy atom. The van der Waals surface area contributed by atoms with Crippen LogP contribution in [0.1, 0.15) is 79.9 Å². The predicted octanol–water partition coefficient (Wildman–Crippen LogP) is 5.80. The standard InChI is InChI=1S/C21H28/c1-13-2-7-18(19-11-14-3-5-16(19)9-14)21(8-13)20-12-15-4-6-17(20)10-15/h2,7-8,14-17,19-20H,3-6,9-12H2,1H3/t14-,15-,16+,17+,19+,20+/m1/s1. The Labute approximate surface area is 129 Å². The highest BCUT2D eigenvalue weighted by Gasteiger charge is 2.44. The van der Waals surface area contributed by atoms with Crippen molar-refractivity contribution < 1.29 is 0 Å². The maximum absolute atomic E-state index is 2.58. The van der Waals surface area contributed by atoms with Crippen LogP contribution >= 0.6 is 0 Å². The lowest BCUT2D eigenvalue weighted by Crippen LogP contribution is -2.16. The van der Waals surface area contributed by atoms with Gasteiger partial charge in [0, 0.05) is 0 Å². The Morgan fingerprint density at radius 1 is 0.714 bits per heavy atom. The van der Waals surface area contributed by atoms with Crippen molar-refractivity contribution in [2.24, 2.45) is 23.7 Å². The van der Waals surface area contributed by atoms with Crippen LogP contribution in [0.2, 0.25) is 0 Å². The van der Waals surface area contributed by atoms with Gasteiger partial charge in [-0.05, 0) is 92.1 Å². The van der Waals surface area contributed by atoms with Crippen molar-refractivity contribution in [1.82, 2.24) is 0 Å². The Morgan fingerprint density at radius 3 is 1.86 bits per heavy atom. The van der Waals surface area contributed by atoms with Gasteiger partial charge in [0.15, 0.2) is 0 Å². The van der Waals surface area contributed by atoms with Gasteiger partial charge >= 0.3 is 0 Å². The smallest absolute Gasteiger partial charge is 0.0128 e. The molecule has 1 aromatic carbocycles. The van der Waals surface area contributed by atoms with E-state index in [9.17, 15) is 0 Å². The number of hydrogen-bond acceptors (Lipinski definition) is 0. The van der Waals surface area contributed by atoms with Crippen molar-refractivity contribution in [3.8, 4) is 0 Å². The van der Waals surface area contributed by atoms with Crippen molar-refractivity contribution in [2.45, 2.75) is 70.1 Å². The number of aryl methyl sites for hydroxylation is 1. The molecule has 0 aliphatic heterocycles. The Bertz CT molecular complexity index is 557. The number of rotatable bonds is 2. The lowest BCUT2D eigenvalue weighted by atomic mass is 9.75. The topological polar surface area (TPSA) is 0 Å². The molecule has 21 heavy (non-hydrogen) atoms. The quantitative estimate of drug-likeness (QED) is 0.642. The molecule has 6 atom stereocenters. The van der Waals surface area contributed by atoms with E-state index in [1.54, 1.807) is 11.1 Å². The second-order valence-electron chi connectivity index (χ2n) is 8.70. The fourth-order valence-corrected chi connectivity index (χ4v) is 6.60. The zero-order chi connectivity index (χ0) is 14.0. The maximum atomic E-state index is 2.58. The summed E-state index contributed by atoms with van der Waals surface area (Å²) in [6.45, 7) is 2.29. The van der Waals surface area contributed by atoms with Crippen LogP contribution < -0.4 is 0 Å². The van der Waals surface area contributed by atoms with E-state index >= 15 is 0 Å². The molecule has 0 radical (unpaired) electrons. The monoisotopic (exact) mass is 280 g/mol. The number of fused-ring (bicyclic) bond motifs is 4. The summed E-state index contributed by atoms with van der Waals surface area (Å²) >= 11 is 0. The van der Waals surface area contributed by atoms with Gasteiger partial charge in [0.2, 0.25) is 0 Å². The normalized spacial score (nSPS) is 43.9. The molecule has 0 heteroatoms. The van der Waals surface area contributed by atoms with Crippen molar-refractivity contribution in [2.75, 3.05) is 0 Å². The van der Waals surface area contributed by atoms with E-state index in [4.69, 9.17) is 0 Å². The van der Waals surface area contributed by atoms with Crippen molar-refractivity contribution >= 4 is 0 Å². The summed E-state index contributed by atoms with van der Waals surface area (Å²) in [4.78, 5) is 0. The third-order valence-corrected chi connectivity index (χ3v) is 7.52. The molecule has 0 amide bonds. The van der Waals surface area contributed by atoms with Gasteiger partial charge in [-0.2, -0.15) is 0 Å². The number of benzene rings is 1. The molecule has 4 aliphatic rings. The first-order valence-electron chi connectivity index (χ1n) is 9.38. The van der Waals surface area contributed by atoms with Crippen molar-refractivity contribution in [3.63, 3.8) is 0 Å². The van der Waals surface area contributed by atoms with E-state index in [1.165, 1.54) is 56.9 Å². The second kappa shape index (κ2) is 4.61. The van der Waals surface area contributed by atoms with E-state index < -0.39 is 0 Å². The number of hydrogen-bond donors (Lipinski definition) is 0. The SMILES string of the molecule is Cc1ccc([C@H]2C[C@@H]3CC[C@H]2C3)c([C@H]2C[C@@H]3CC[C@H]2C3)c1. The van der Waals surface area contributed by atoms with Crippen LogP contribution in [0.5, 0.6) is 0 Å². The highest BCUT2D eigenvalue weighted by molar-refractivity contribution is 5.39. The van der Waals surface area contributed by atoms with Gasteiger partial charge in [0.1, 0.15) is 0 Å². The fourth-order valence-electron chi connectivity index (χ4n) is 6.60. The summed E-state index contributed by atoms with van der Waals surface area (Å²) in [5.74, 6) is 6.00. The zero-order valence-corrected chi connectivity index (χ0v) is 13.4. The summed E-state index contributed by atoms with van der Waals surface area (Å²) in [5, 5.41) is 0. The van der Waals surface area contributed by atoms with E-state index in [0.29, 0.717) is 0 Å². The minimum absolute atomic E-state index is 0.915. The molecule has 1 aromatic rings. The molecule has 0 aromatic heterocycles. The summed E-state index contributed by atoms with van der Waals surface area (Å²) < 4.78 is 0. The van der Waals surface area contributed by atoms with E-state index in [2.05, 4.69) is 25.1 Å². The van der Waals surface area contributed by atoms with Crippen LogP contribution in [0.4, 0.5) is 0 Å². The van der Waals surface area contributed by atoms with E-state index in [0.717, 1.165) is 35.5 Å². The van der Waals surface area contributed by atoms with Crippen molar-refractivity contribution in [3.05, 3.63) is 34.9 Å². The molecule has 4 aliphatic carbocycles. The zero-order valence-electron chi connectivity index (χ0n) is 13.4. The van der Waals surface area contributed by atoms with Gasteiger partial charge in [-0.1, -0.05) is 36.6 Å². The first-order valence-corrected chi connectivity index (χ1v) is 9.38. The van der Waals surface area contributed by atoms with Gasteiger partial charge < -0.3 is 0 Å². The molecule has 5 rings (SSSR count). The van der Waals surface area contributed by atoms with Crippen molar-refractivity contribution in [1.29, 1.82) is 0 Å². The summed E-state index contributed by atoms with van der Waals surface area (Å²) in [6, 6.07) is 7.49. The minimum Gasteiger partial charge on any atom is -0.0590 e. The Balaban J connectivity index is 1.53. The highest BCUT2D eigenvalue weighted by atomic mass is 14.5. The largest absolute Gasteiger partial charge is 0.0590 e. The van der Waals surface area contributed by atoms with E-state index in [-0.39, 0.29) is 0 Å². The molecular formula is C21H28. The van der Waals surface area contributed by atoms with Crippen LogP contribution in [0.25, 0.3) is 0 Å². The fraction of sp³-hybridized carbons (Fsp3) is 0.714. The molecule has 112 valence electrons. The molecule has 0 N–H and O–H groups in total. The van der Waals surface area contributed by atoms with Crippen LogP contribution in [0, 0.1) is 30.6 Å². The average Bonchev–Trinajstić information content (AvgIpc) is 3.27. The average molecular weight is 280 g/mol. The first-order chi connectivity index (χ1) is 10.3. The Kier molecular flexibility index (Phi) is 2.79. The Hall–Kier alpha value is -0.780. The van der Waals surface area contributed by atoms with Crippen LogP contribution in [-0.4, -0.2) is 0 Å². The third kappa shape index (κ3) is 1.94. The van der Waals surface area contributed by atoms with Gasteiger partial charge in [0.05, 0.1) is 0 Å². The molecule has 0 unspecified atom stereocenters. The van der Waals surface area contributed by atoms with Crippen LogP contribution in [-0.2, 0) is 0 Å². The van der Waals surface area contributed by atoms with E-state index in [1.807, 2.05) is 0 Å². The van der Waals surface area contributed by atoms with Crippen LogP contribution in [0.3, 0.4) is 0 Å². The molecule has 0 saturated heterocycles.